The van der Waals surface area contributed by atoms with Crippen LogP contribution in [0.25, 0.3) is 52.5 Å². The molecule has 0 unspecified atom stereocenters. The van der Waals surface area contributed by atoms with E-state index in [1.165, 1.54) is 63.6 Å². The molecular formula is C22H14S2. The summed E-state index contributed by atoms with van der Waals surface area (Å²) in [6.07, 6.45) is 0. The largest absolute Gasteiger partial charge is 0.143 e. The van der Waals surface area contributed by atoms with E-state index in [4.69, 9.17) is 0 Å². The smallest absolute Gasteiger partial charge is 0.0391 e. The first kappa shape index (κ1) is 13.2. The quantitative estimate of drug-likeness (QED) is 0.267. The highest BCUT2D eigenvalue weighted by Gasteiger charge is 2.26. The monoisotopic (exact) mass is 342 g/mol. The number of benzene rings is 3. The van der Waals surface area contributed by atoms with Gasteiger partial charge in [0, 0.05) is 35.8 Å². The minimum absolute atomic E-state index is 1.38. The molecule has 0 fully saturated rings. The van der Waals surface area contributed by atoms with Gasteiger partial charge in [-0.1, -0.05) is 30.3 Å². The van der Waals surface area contributed by atoms with Gasteiger partial charge in [0.1, 0.15) is 0 Å². The van der Waals surface area contributed by atoms with Crippen LogP contribution in [0.1, 0.15) is 11.1 Å². The molecule has 0 spiro atoms. The Labute approximate surface area is 148 Å². The Hall–Kier alpha value is -2.16. The summed E-state index contributed by atoms with van der Waals surface area (Å²) in [4.78, 5) is 0. The lowest BCUT2D eigenvalue weighted by molar-refractivity contribution is 1.56. The summed E-state index contributed by atoms with van der Waals surface area (Å²) in [5, 5.41) is 6.62. The van der Waals surface area contributed by atoms with Gasteiger partial charge in [-0.15, -0.1) is 22.7 Å². The van der Waals surface area contributed by atoms with Crippen LogP contribution in [0.4, 0.5) is 0 Å². The van der Waals surface area contributed by atoms with Gasteiger partial charge in [-0.2, -0.15) is 0 Å². The van der Waals surface area contributed by atoms with Gasteiger partial charge in [0.25, 0.3) is 0 Å². The molecule has 0 atom stereocenters. The lowest BCUT2D eigenvalue weighted by Gasteiger charge is -2.08. The van der Waals surface area contributed by atoms with Crippen LogP contribution in [0, 0.1) is 13.8 Å². The highest BCUT2D eigenvalue weighted by molar-refractivity contribution is 7.26. The fourth-order valence-corrected chi connectivity index (χ4v) is 6.53. The van der Waals surface area contributed by atoms with Gasteiger partial charge in [-0.05, 0) is 59.2 Å². The molecule has 0 N–H and O–H groups in total. The highest BCUT2D eigenvalue weighted by atomic mass is 32.1. The van der Waals surface area contributed by atoms with E-state index < -0.39 is 0 Å². The number of hydrogen-bond acceptors (Lipinski definition) is 2. The van der Waals surface area contributed by atoms with Crippen LogP contribution >= 0.6 is 22.7 Å². The molecule has 2 heteroatoms. The van der Waals surface area contributed by atoms with Crippen molar-refractivity contribution in [3.63, 3.8) is 0 Å². The molecule has 1 aliphatic rings. The maximum atomic E-state index is 2.44. The summed E-state index contributed by atoms with van der Waals surface area (Å²) in [6, 6.07) is 15.9. The summed E-state index contributed by atoms with van der Waals surface area (Å²) in [7, 11) is 0. The summed E-state index contributed by atoms with van der Waals surface area (Å²) in [6.45, 7) is 4.53. The Morgan fingerprint density at radius 3 is 2.58 bits per heavy atom. The molecule has 24 heavy (non-hydrogen) atoms. The fourth-order valence-electron chi connectivity index (χ4n) is 4.29. The zero-order valence-electron chi connectivity index (χ0n) is 13.4. The minimum Gasteiger partial charge on any atom is -0.143 e. The van der Waals surface area contributed by atoms with E-state index in [0.717, 1.165) is 0 Å². The number of hydrogen-bond donors (Lipinski definition) is 0. The Morgan fingerprint density at radius 2 is 1.67 bits per heavy atom. The average molecular weight is 342 g/mol. The third-order valence-electron chi connectivity index (χ3n) is 5.38. The molecule has 0 bridgehead atoms. The molecule has 0 saturated carbocycles. The van der Waals surface area contributed by atoms with E-state index in [-0.39, 0.29) is 0 Å². The Morgan fingerprint density at radius 1 is 0.792 bits per heavy atom. The van der Waals surface area contributed by atoms with Crippen LogP contribution in [-0.2, 0) is 0 Å². The van der Waals surface area contributed by atoms with Crippen molar-refractivity contribution in [2.75, 3.05) is 0 Å². The van der Waals surface area contributed by atoms with Crippen LogP contribution in [0.2, 0.25) is 0 Å². The van der Waals surface area contributed by atoms with Gasteiger partial charge in [0.15, 0.2) is 0 Å². The van der Waals surface area contributed by atoms with Gasteiger partial charge in [-0.3, -0.25) is 0 Å². The number of fused-ring (bicyclic) bond motifs is 6. The average Bonchev–Trinajstić information content (AvgIpc) is 3.25. The lowest BCUT2D eigenvalue weighted by atomic mass is 9.96. The maximum Gasteiger partial charge on any atom is 0.0391 e. The van der Waals surface area contributed by atoms with Gasteiger partial charge < -0.3 is 0 Å². The van der Waals surface area contributed by atoms with E-state index in [0.29, 0.717) is 0 Å². The summed E-state index contributed by atoms with van der Waals surface area (Å²) in [5.74, 6) is 0. The van der Waals surface area contributed by atoms with Crippen LogP contribution in [0.15, 0.2) is 47.8 Å². The SMILES string of the molecule is Cc1cccc2c1sc1c(C)c3c(cc12)-c1csc2cccc-3c12. The zero-order chi connectivity index (χ0) is 16.0. The van der Waals surface area contributed by atoms with Crippen molar-refractivity contribution in [1.82, 2.24) is 0 Å². The molecule has 0 aliphatic heterocycles. The van der Waals surface area contributed by atoms with Crippen molar-refractivity contribution in [2.24, 2.45) is 0 Å². The molecule has 5 aromatic rings. The van der Waals surface area contributed by atoms with Crippen molar-refractivity contribution >= 4 is 52.9 Å². The fraction of sp³-hybridized carbons (Fsp3) is 0.0909. The van der Waals surface area contributed by atoms with Crippen molar-refractivity contribution in [3.05, 3.63) is 59.0 Å². The molecule has 1 aliphatic carbocycles. The zero-order valence-corrected chi connectivity index (χ0v) is 15.1. The molecule has 0 nitrogen and oxygen atoms in total. The van der Waals surface area contributed by atoms with E-state index in [2.05, 4.69) is 61.7 Å². The van der Waals surface area contributed by atoms with Crippen molar-refractivity contribution < 1.29 is 0 Å². The van der Waals surface area contributed by atoms with E-state index in [9.17, 15) is 0 Å². The molecule has 0 radical (unpaired) electrons. The van der Waals surface area contributed by atoms with Gasteiger partial charge in [0.05, 0.1) is 0 Å². The molecule has 3 aromatic carbocycles. The maximum absolute atomic E-state index is 2.44. The predicted molar refractivity (Wildman–Crippen MR) is 109 cm³/mol. The third-order valence-corrected chi connectivity index (χ3v) is 7.81. The van der Waals surface area contributed by atoms with Gasteiger partial charge in [0.2, 0.25) is 0 Å². The second kappa shape index (κ2) is 4.27. The normalized spacial score (nSPS) is 12.6. The van der Waals surface area contributed by atoms with E-state index in [1.54, 1.807) is 0 Å². The Bertz CT molecular complexity index is 1310. The lowest BCUT2D eigenvalue weighted by Crippen LogP contribution is -1.83. The third kappa shape index (κ3) is 1.40. The summed E-state index contributed by atoms with van der Waals surface area (Å²) >= 11 is 3.82. The predicted octanol–water partition coefficient (Wildman–Crippen LogP) is 7.53. The van der Waals surface area contributed by atoms with Gasteiger partial charge in [-0.25, -0.2) is 0 Å². The van der Waals surface area contributed by atoms with Crippen molar-refractivity contribution in [2.45, 2.75) is 13.8 Å². The van der Waals surface area contributed by atoms with Crippen molar-refractivity contribution in [1.29, 1.82) is 0 Å². The highest BCUT2D eigenvalue weighted by Crippen LogP contribution is 2.54. The van der Waals surface area contributed by atoms with Crippen LogP contribution in [0.5, 0.6) is 0 Å². The first-order valence-electron chi connectivity index (χ1n) is 8.20. The van der Waals surface area contributed by atoms with E-state index >= 15 is 0 Å². The molecule has 114 valence electrons. The van der Waals surface area contributed by atoms with Gasteiger partial charge >= 0.3 is 0 Å². The van der Waals surface area contributed by atoms with Crippen LogP contribution < -0.4 is 0 Å². The Balaban J connectivity index is 1.86. The number of aryl methyl sites for hydroxylation is 2. The number of thiophene rings is 2. The first-order valence-corrected chi connectivity index (χ1v) is 9.90. The summed E-state index contributed by atoms with van der Waals surface area (Å²) < 4.78 is 4.29. The van der Waals surface area contributed by atoms with Crippen LogP contribution in [0.3, 0.4) is 0 Å². The molecule has 2 heterocycles. The molecule has 0 amide bonds. The Kier molecular flexibility index (Phi) is 2.34. The van der Waals surface area contributed by atoms with Crippen LogP contribution in [-0.4, -0.2) is 0 Å². The molecule has 6 rings (SSSR count). The second-order valence-corrected chi connectivity index (χ2v) is 8.61. The standard InChI is InChI=1S/C22H14S2/c1-11-5-3-6-13-16-9-15-17-10-23-18-8-4-7-14(20(17)18)19(15)12(2)22(16)24-21(11)13/h3-10H,1-2H3. The van der Waals surface area contributed by atoms with Crippen molar-refractivity contribution in [3.8, 4) is 22.3 Å². The summed E-state index contributed by atoms with van der Waals surface area (Å²) in [5.41, 5.74) is 8.55. The second-order valence-electron chi connectivity index (χ2n) is 6.68. The number of rotatable bonds is 0. The van der Waals surface area contributed by atoms with E-state index in [1.807, 2.05) is 22.7 Å². The first-order chi connectivity index (χ1) is 11.7. The molecule has 2 aromatic heterocycles. The minimum atomic E-state index is 1.38. The molecule has 0 saturated heterocycles. The topological polar surface area (TPSA) is 0 Å². The molecular weight excluding hydrogens is 328 g/mol.